The lowest BCUT2D eigenvalue weighted by atomic mass is 9.75. The minimum atomic E-state index is -4.49. The van der Waals surface area contributed by atoms with E-state index in [1.807, 2.05) is 13.8 Å². The summed E-state index contributed by atoms with van der Waals surface area (Å²) in [6, 6.07) is 11.0. The van der Waals surface area contributed by atoms with Crippen molar-refractivity contribution in [2.24, 2.45) is 5.41 Å². The number of thioether (sulfide) groups is 1. The molecule has 1 aliphatic rings. The van der Waals surface area contributed by atoms with Crippen LogP contribution < -0.4 is 0 Å². The van der Waals surface area contributed by atoms with Gasteiger partial charge in [-0.2, -0.15) is 13.2 Å². The number of rotatable bonds is 5. The number of ketones is 1. The first kappa shape index (κ1) is 24.9. The van der Waals surface area contributed by atoms with E-state index in [0.717, 1.165) is 24.2 Å². The number of nitrogens with zero attached hydrogens (tertiary/aromatic N) is 2. The monoisotopic (exact) mass is 494 g/mol. The first-order valence-electron chi connectivity index (χ1n) is 11.2. The molecule has 0 radical (unpaired) electrons. The van der Waals surface area contributed by atoms with E-state index in [1.54, 1.807) is 55.7 Å². The minimum Gasteiger partial charge on any atom is -0.294 e. The molecule has 0 N–H and O–H groups in total. The number of hydrogen-bond donors (Lipinski definition) is 0. The molecule has 0 bridgehead atoms. The van der Waals surface area contributed by atoms with E-state index in [4.69, 9.17) is 0 Å². The highest BCUT2D eigenvalue weighted by Gasteiger charge is 2.35. The van der Waals surface area contributed by atoms with Gasteiger partial charge in [0, 0.05) is 38.7 Å². The van der Waals surface area contributed by atoms with Gasteiger partial charge < -0.3 is 0 Å². The molecule has 0 saturated heterocycles. The second-order valence-corrected chi connectivity index (χ2v) is 10.3. The summed E-state index contributed by atoms with van der Waals surface area (Å²) in [5, 5.41) is 0. The number of aryl methyl sites for hydroxylation is 1. The zero-order chi connectivity index (χ0) is 25.4. The van der Waals surface area contributed by atoms with Crippen molar-refractivity contribution in [3.8, 4) is 11.1 Å². The summed E-state index contributed by atoms with van der Waals surface area (Å²) in [6.45, 7) is 9.78. The lowest BCUT2D eigenvalue weighted by Crippen LogP contribution is -2.31. The van der Waals surface area contributed by atoms with E-state index >= 15 is 0 Å². The predicted octanol–water partition coefficient (Wildman–Crippen LogP) is 8.08. The number of aromatic nitrogens is 2. The van der Waals surface area contributed by atoms with Crippen LogP contribution >= 0.6 is 11.8 Å². The topological polar surface area (TPSA) is 42.9 Å². The van der Waals surface area contributed by atoms with Crippen LogP contribution in [-0.4, -0.2) is 15.8 Å². The molecule has 35 heavy (non-hydrogen) atoms. The number of carbonyl (C=O) groups excluding carboxylic acids is 1. The van der Waals surface area contributed by atoms with Gasteiger partial charge in [0.2, 0.25) is 0 Å². The largest absolute Gasteiger partial charge is 0.416 e. The molecule has 0 amide bonds. The van der Waals surface area contributed by atoms with Crippen molar-refractivity contribution in [1.29, 1.82) is 0 Å². The van der Waals surface area contributed by atoms with E-state index in [1.165, 1.54) is 11.8 Å². The average Bonchev–Trinajstić information content (AvgIpc) is 2.84. The van der Waals surface area contributed by atoms with Crippen LogP contribution in [0.15, 0.2) is 67.5 Å². The zero-order valence-corrected chi connectivity index (χ0v) is 20.6. The van der Waals surface area contributed by atoms with E-state index in [9.17, 15) is 18.0 Å². The Kier molecular flexibility index (Phi) is 6.73. The molecular formula is C28H25F3N2OS. The fraction of sp³-hybridized carbons (Fsp3) is 0.250. The molecule has 3 nitrogen and oxygen atoms in total. The molecule has 0 atom stereocenters. The van der Waals surface area contributed by atoms with E-state index in [-0.39, 0.29) is 5.78 Å². The van der Waals surface area contributed by atoms with Crippen LogP contribution in [0.2, 0.25) is 0 Å². The van der Waals surface area contributed by atoms with Gasteiger partial charge in [0.1, 0.15) is 0 Å². The van der Waals surface area contributed by atoms with Gasteiger partial charge in [0.25, 0.3) is 0 Å². The van der Waals surface area contributed by atoms with Gasteiger partial charge in [-0.1, -0.05) is 44.3 Å². The molecule has 1 aliphatic carbocycles. The highest BCUT2D eigenvalue weighted by Crippen LogP contribution is 2.42. The molecule has 2 heterocycles. The molecule has 1 aromatic carbocycles. The maximum atomic E-state index is 13.7. The smallest absolute Gasteiger partial charge is 0.294 e. The summed E-state index contributed by atoms with van der Waals surface area (Å²) >= 11 is 1.26. The molecule has 180 valence electrons. The highest BCUT2D eigenvalue weighted by molar-refractivity contribution is 8.16. The van der Waals surface area contributed by atoms with Gasteiger partial charge in [-0.15, -0.1) is 0 Å². The molecule has 0 fully saturated rings. The number of fused-ring (bicyclic) bond motifs is 1. The van der Waals surface area contributed by atoms with E-state index < -0.39 is 17.2 Å². The maximum Gasteiger partial charge on any atom is 0.416 e. The summed E-state index contributed by atoms with van der Waals surface area (Å²) in [5.41, 5.74) is 2.32. The number of carbonyl (C=O) groups is 1. The molecule has 0 aliphatic heterocycles. The minimum absolute atomic E-state index is 0.0807. The number of Topliss-reactive ketones (excluding diaryl/α,β-unsaturated/α-hetero) is 1. The Hall–Kier alpha value is -3.19. The number of allylic oxidation sites excluding steroid dienone is 1. The second-order valence-electron chi connectivity index (χ2n) is 9.12. The van der Waals surface area contributed by atoms with Crippen molar-refractivity contribution < 1.29 is 18.0 Å². The Balaban J connectivity index is 1.66. The van der Waals surface area contributed by atoms with Gasteiger partial charge in [-0.05, 0) is 67.3 Å². The van der Waals surface area contributed by atoms with Gasteiger partial charge in [0.15, 0.2) is 5.78 Å². The Morgan fingerprint density at radius 2 is 1.91 bits per heavy atom. The standard InChI is InChI=1S/C28H25F3N2OS/c1-5-25(20-13-19(18-7-6-12-32-16-18)14-21(15-20)28(29,30)31)35-17(2)23-9-8-22-24(33-23)10-11-27(3,4)26(22)34/h5-9,12-16H,2,10-11H2,1,3-4H3/b25-5-. The number of alkyl halides is 3. The average molecular weight is 495 g/mol. The van der Waals surface area contributed by atoms with Crippen LogP contribution in [0.1, 0.15) is 60.1 Å². The van der Waals surface area contributed by atoms with Crippen LogP contribution in [0, 0.1) is 5.41 Å². The SMILES string of the molecule is C=C(S/C(=C\C)c1cc(-c2cccnc2)cc(C(F)(F)F)c1)c1ccc2c(n1)CCC(C)(C)C2=O. The number of pyridine rings is 2. The van der Waals surface area contributed by atoms with Crippen molar-refractivity contribution in [2.75, 3.05) is 0 Å². The van der Waals surface area contributed by atoms with Crippen LogP contribution in [0.5, 0.6) is 0 Å². The molecular weight excluding hydrogens is 469 g/mol. The number of halogens is 3. The molecule has 0 unspecified atom stereocenters. The second kappa shape index (κ2) is 9.46. The van der Waals surface area contributed by atoms with Gasteiger partial charge in [-0.25, -0.2) is 0 Å². The van der Waals surface area contributed by atoms with Crippen LogP contribution in [-0.2, 0) is 12.6 Å². The Morgan fingerprint density at radius 3 is 2.57 bits per heavy atom. The van der Waals surface area contributed by atoms with Crippen molar-refractivity contribution >= 4 is 27.4 Å². The summed E-state index contributed by atoms with van der Waals surface area (Å²) in [6.07, 6.45) is 1.81. The van der Waals surface area contributed by atoms with Crippen LogP contribution in [0.4, 0.5) is 13.2 Å². The summed E-state index contributed by atoms with van der Waals surface area (Å²) < 4.78 is 41.1. The van der Waals surface area contributed by atoms with Gasteiger partial charge in [0.05, 0.1) is 17.0 Å². The van der Waals surface area contributed by atoms with Crippen molar-refractivity contribution in [1.82, 2.24) is 9.97 Å². The third-order valence-corrected chi connectivity index (χ3v) is 7.29. The Bertz CT molecular complexity index is 1330. The van der Waals surface area contributed by atoms with E-state index in [0.29, 0.717) is 44.2 Å². The molecule has 0 saturated carbocycles. The Morgan fingerprint density at radius 1 is 1.14 bits per heavy atom. The van der Waals surface area contributed by atoms with Crippen molar-refractivity contribution in [3.05, 3.63) is 95.6 Å². The predicted molar refractivity (Wildman–Crippen MR) is 136 cm³/mol. The van der Waals surface area contributed by atoms with Crippen molar-refractivity contribution in [3.63, 3.8) is 0 Å². The molecule has 2 aromatic heterocycles. The molecule has 7 heteroatoms. The van der Waals surface area contributed by atoms with Gasteiger partial charge >= 0.3 is 6.18 Å². The highest BCUT2D eigenvalue weighted by atomic mass is 32.2. The van der Waals surface area contributed by atoms with Gasteiger partial charge in [-0.3, -0.25) is 14.8 Å². The third-order valence-electron chi connectivity index (χ3n) is 6.14. The summed E-state index contributed by atoms with van der Waals surface area (Å²) in [7, 11) is 0. The lowest BCUT2D eigenvalue weighted by Gasteiger charge is -2.29. The first-order chi connectivity index (χ1) is 16.5. The Labute approximate surface area is 207 Å². The molecule has 4 rings (SSSR count). The maximum absolute atomic E-state index is 13.7. The number of hydrogen-bond acceptors (Lipinski definition) is 4. The fourth-order valence-corrected chi connectivity index (χ4v) is 4.90. The summed E-state index contributed by atoms with van der Waals surface area (Å²) in [5.74, 6) is 0.0807. The number of benzene rings is 1. The van der Waals surface area contributed by atoms with Crippen molar-refractivity contribution in [2.45, 2.75) is 39.8 Å². The quantitative estimate of drug-likeness (QED) is 0.360. The normalized spacial score (nSPS) is 15.6. The first-order valence-corrected chi connectivity index (χ1v) is 12.0. The van der Waals surface area contributed by atoms with Crippen LogP contribution in [0.3, 0.4) is 0 Å². The van der Waals surface area contributed by atoms with Crippen LogP contribution in [0.25, 0.3) is 20.9 Å². The summed E-state index contributed by atoms with van der Waals surface area (Å²) in [4.78, 5) is 22.7. The molecule has 0 spiro atoms. The van der Waals surface area contributed by atoms with E-state index in [2.05, 4.69) is 16.5 Å². The molecule has 3 aromatic rings. The zero-order valence-electron chi connectivity index (χ0n) is 19.7. The third kappa shape index (κ3) is 5.25. The fourth-order valence-electron chi connectivity index (χ4n) is 4.07. The lowest BCUT2D eigenvalue weighted by molar-refractivity contribution is -0.137.